The Balaban J connectivity index is 1.72. The molecular formula is C31H34N2S2. The van der Waals surface area contributed by atoms with E-state index in [0.717, 1.165) is 21.7 Å². The average molecular weight is 499 g/mol. The second-order valence-electron chi connectivity index (χ2n) is 11.2. The van der Waals surface area contributed by atoms with E-state index in [2.05, 4.69) is 95.1 Å². The molecule has 4 aromatic rings. The summed E-state index contributed by atoms with van der Waals surface area (Å²) in [5.74, 6) is 1.19. The predicted octanol–water partition coefficient (Wildman–Crippen LogP) is 9.17. The standard InChI is InChI=1S/C31H34N2S2/c1-18(2)13-27-19(3)22-11-12-26(34)28(30(22)35-27)24-16-32-17-33-29(24)21-14-20-9-7-8-10-23(20)25(15-21)31(4,5)6/h7-12,14-19,27,34H,13H2,1-6H3. The van der Waals surface area contributed by atoms with Gasteiger partial charge in [-0.05, 0) is 63.8 Å². The van der Waals surface area contributed by atoms with Crippen molar-refractivity contribution in [2.45, 2.75) is 74.3 Å². The van der Waals surface area contributed by atoms with Crippen LogP contribution >= 0.6 is 24.4 Å². The Morgan fingerprint density at radius 2 is 1.83 bits per heavy atom. The van der Waals surface area contributed by atoms with E-state index >= 15 is 0 Å². The van der Waals surface area contributed by atoms with E-state index < -0.39 is 0 Å². The Morgan fingerprint density at radius 3 is 2.57 bits per heavy atom. The summed E-state index contributed by atoms with van der Waals surface area (Å²) in [6.07, 6.45) is 4.85. The van der Waals surface area contributed by atoms with Crippen LogP contribution in [-0.2, 0) is 5.41 Å². The van der Waals surface area contributed by atoms with Gasteiger partial charge < -0.3 is 0 Å². The van der Waals surface area contributed by atoms with Gasteiger partial charge in [-0.1, -0.05) is 71.9 Å². The zero-order chi connectivity index (χ0) is 24.9. The minimum atomic E-state index is 0.0147. The summed E-state index contributed by atoms with van der Waals surface area (Å²) in [7, 11) is 0. The van der Waals surface area contributed by atoms with Crippen LogP contribution in [0.5, 0.6) is 0 Å². The first-order valence-electron chi connectivity index (χ1n) is 12.5. The van der Waals surface area contributed by atoms with Gasteiger partial charge in [0.15, 0.2) is 0 Å². The van der Waals surface area contributed by atoms with Gasteiger partial charge in [-0.15, -0.1) is 24.4 Å². The maximum absolute atomic E-state index is 4.95. The van der Waals surface area contributed by atoms with Crippen LogP contribution in [0.25, 0.3) is 33.2 Å². The van der Waals surface area contributed by atoms with Crippen molar-refractivity contribution in [3.8, 4) is 22.4 Å². The summed E-state index contributed by atoms with van der Waals surface area (Å²) in [4.78, 5) is 11.7. The average Bonchev–Trinajstić information content (AvgIpc) is 3.12. The van der Waals surface area contributed by atoms with E-state index in [1.54, 1.807) is 6.33 Å². The van der Waals surface area contributed by atoms with Crippen LogP contribution in [0.4, 0.5) is 0 Å². The summed E-state index contributed by atoms with van der Waals surface area (Å²) in [6, 6.07) is 17.7. The number of thiol groups is 1. The molecule has 35 heavy (non-hydrogen) atoms. The van der Waals surface area contributed by atoms with Gasteiger partial charge in [0.1, 0.15) is 6.33 Å². The zero-order valence-electron chi connectivity index (χ0n) is 21.5. The first-order valence-corrected chi connectivity index (χ1v) is 13.8. The van der Waals surface area contributed by atoms with Crippen molar-refractivity contribution in [1.82, 2.24) is 9.97 Å². The zero-order valence-corrected chi connectivity index (χ0v) is 23.2. The normalized spacial score (nSPS) is 17.8. The molecule has 4 heteroatoms. The van der Waals surface area contributed by atoms with Gasteiger partial charge in [0.25, 0.3) is 0 Å². The van der Waals surface area contributed by atoms with Gasteiger partial charge in [-0.3, -0.25) is 0 Å². The molecule has 2 heterocycles. The Bertz CT molecular complexity index is 1400. The fourth-order valence-corrected chi connectivity index (χ4v) is 7.56. The molecule has 0 saturated carbocycles. The van der Waals surface area contributed by atoms with Crippen molar-refractivity contribution < 1.29 is 0 Å². The molecule has 3 aromatic carbocycles. The van der Waals surface area contributed by atoms with Crippen LogP contribution in [0, 0.1) is 5.92 Å². The molecule has 1 aromatic heterocycles. The third-order valence-corrected chi connectivity index (χ3v) is 9.06. The Morgan fingerprint density at radius 1 is 1.06 bits per heavy atom. The molecule has 2 unspecified atom stereocenters. The topological polar surface area (TPSA) is 25.8 Å². The first-order chi connectivity index (χ1) is 16.6. The predicted molar refractivity (Wildman–Crippen MR) is 154 cm³/mol. The third-order valence-electron chi connectivity index (χ3n) is 7.11. The van der Waals surface area contributed by atoms with E-state index in [0.29, 0.717) is 17.1 Å². The van der Waals surface area contributed by atoms with Crippen LogP contribution in [0.1, 0.15) is 65.0 Å². The van der Waals surface area contributed by atoms with Gasteiger partial charge in [0.05, 0.1) is 5.69 Å². The highest BCUT2D eigenvalue weighted by molar-refractivity contribution is 8.00. The fraction of sp³-hybridized carbons (Fsp3) is 0.355. The Labute approximate surface area is 219 Å². The van der Waals surface area contributed by atoms with Crippen LogP contribution in [0.2, 0.25) is 0 Å². The number of fused-ring (bicyclic) bond motifs is 2. The minimum Gasteiger partial charge on any atom is -0.244 e. The van der Waals surface area contributed by atoms with Gasteiger partial charge in [-0.2, -0.15) is 0 Å². The molecule has 5 rings (SSSR count). The number of hydrogen-bond acceptors (Lipinski definition) is 4. The van der Waals surface area contributed by atoms with Crippen molar-refractivity contribution in [3.63, 3.8) is 0 Å². The van der Waals surface area contributed by atoms with Crippen molar-refractivity contribution in [1.29, 1.82) is 0 Å². The molecule has 180 valence electrons. The monoisotopic (exact) mass is 498 g/mol. The lowest BCUT2D eigenvalue weighted by atomic mass is 9.82. The molecule has 0 saturated heterocycles. The second-order valence-corrected chi connectivity index (χ2v) is 13.0. The molecule has 0 N–H and O–H groups in total. The van der Waals surface area contributed by atoms with Gasteiger partial charge in [0, 0.05) is 37.9 Å². The number of nitrogens with zero attached hydrogens (tertiary/aromatic N) is 2. The highest BCUT2D eigenvalue weighted by Gasteiger charge is 2.34. The maximum Gasteiger partial charge on any atom is 0.116 e. The number of benzene rings is 3. The van der Waals surface area contributed by atoms with Crippen LogP contribution < -0.4 is 0 Å². The molecule has 1 aliphatic rings. The van der Waals surface area contributed by atoms with Gasteiger partial charge >= 0.3 is 0 Å². The van der Waals surface area contributed by atoms with Gasteiger partial charge in [0.2, 0.25) is 0 Å². The molecule has 2 nitrogen and oxygen atoms in total. The van der Waals surface area contributed by atoms with E-state index in [4.69, 9.17) is 17.6 Å². The summed E-state index contributed by atoms with van der Waals surface area (Å²) < 4.78 is 0. The molecule has 0 aliphatic carbocycles. The molecule has 0 spiro atoms. The molecule has 0 radical (unpaired) electrons. The lowest BCUT2D eigenvalue weighted by Crippen LogP contribution is -2.12. The largest absolute Gasteiger partial charge is 0.244 e. The molecule has 0 bridgehead atoms. The third kappa shape index (κ3) is 4.51. The summed E-state index contributed by atoms with van der Waals surface area (Å²) >= 11 is 6.97. The van der Waals surface area contributed by atoms with Crippen LogP contribution in [0.15, 0.2) is 70.8 Å². The van der Waals surface area contributed by atoms with Gasteiger partial charge in [-0.25, -0.2) is 9.97 Å². The van der Waals surface area contributed by atoms with E-state index in [1.165, 1.54) is 38.8 Å². The lowest BCUT2D eigenvalue weighted by Gasteiger charge is -2.23. The van der Waals surface area contributed by atoms with Crippen LogP contribution in [0.3, 0.4) is 0 Å². The molecule has 2 atom stereocenters. The highest BCUT2D eigenvalue weighted by atomic mass is 32.2. The number of rotatable bonds is 4. The summed E-state index contributed by atoms with van der Waals surface area (Å²) in [5.41, 5.74) is 7.12. The summed E-state index contributed by atoms with van der Waals surface area (Å²) in [5, 5.41) is 3.12. The Hall–Kier alpha value is -2.30. The molecule has 0 amide bonds. The van der Waals surface area contributed by atoms with E-state index in [9.17, 15) is 0 Å². The van der Waals surface area contributed by atoms with E-state index in [-0.39, 0.29) is 5.41 Å². The van der Waals surface area contributed by atoms with Crippen LogP contribution in [-0.4, -0.2) is 15.2 Å². The molecular weight excluding hydrogens is 464 g/mol. The second kappa shape index (κ2) is 9.29. The van der Waals surface area contributed by atoms with Crippen molar-refractivity contribution in [2.24, 2.45) is 5.92 Å². The Kier molecular flexibility index (Phi) is 6.48. The van der Waals surface area contributed by atoms with Crippen molar-refractivity contribution in [3.05, 3.63) is 72.2 Å². The SMILES string of the molecule is CC(C)CC1Sc2c(ccc(S)c2-c2cncnc2-c2cc(C(C)(C)C)c3ccccc3c2)C1C. The molecule has 0 fully saturated rings. The van der Waals surface area contributed by atoms with Crippen molar-refractivity contribution >= 4 is 35.2 Å². The van der Waals surface area contributed by atoms with Crippen molar-refractivity contribution in [2.75, 3.05) is 0 Å². The first kappa shape index (κ1) is 24.4. The lowest BCUT2D eigenvalue weighted by molar-refractivity contribution is 0.535. The molecule has 1 aliphatic heterocycles. The van der Waals surface area contributed by atoms with E-state index in [1.807, 2.05) is 18.0 Å². The smallest absolute Gasteiger partial charge is 0.116 e. The quantitative estimate of drug-likeness (QED) is 0.284. The number of aromatic nitrogens is 2. The summed E-state index contributed by atoms with van der Waals surface area (Å²) in [6.45, 7) is 13.8. The number of hydrogen-bond donors (Lipinski definition) is 1. The fourth-order valence-electron chi connectivity index (χ4n) is 5.32. The number of thioether (sulfide) groups is 1. The highest BCUT2D eigenvalue weighted by Crippen LogP contribution is 2.53. The minimum absolute atomic E-state index is 0.0147. The maximum atomic E-state index is 4.95.